The van der Waals surface area contributed by atoms with E-state index in [0.29, 0.717) is 49.6 Å². The van der Waals surface area contributed by atoms with Gasteiger partial charge in [0.1, 0.15) is 5.76 Å². The van der Waals surface area contributed by atoms with Gasteiger partial charge in [0, 0.05) is 31.3 Å². The van der Waals surface area contributed by atoms with E-state index in [1.54, 1.807) is 11.8 Å². The van der Waals surface area contributed by atoms with Crippen LogP contribution in [0.3, 0.4) is 0 Å². The molecule has 2 heterocycles. The van der Waals surface area contributed by atoms with Gasteiger partial charge in [0.05, 0.1) is 12.6 Å². The second-order valence-corrected chi connectivity index (χ2v) is 6.77. The Balaban J connectivity index is 1.65. The van der Waals surface area contributed by atoms with Gasteiger partial charge in [-0.2, -0.15) is 0 Å². The van der Waals surface area contributed by atoms with Gasteiger partial charge in [0.15, 0.2) is 11.3 Å². The molecule has 3 rings (SSSR count). The number of hydrogen-bond acceptors (Lipinski definition) is 4. The van der Waals surface area contributed by atoms with E-state index in [4.69, 9.17) is 9.15 Å². The van der Waals surface area contributed by atoms with Crippen LogP contribution in [0.25, 0.3) is 11.0 Å². The maximum absolute atomic E-state index is 12.6. The fourth-order valence-corrected chi connectivity index (χ4v) is 3.40. The predicted molar refractivity (Wildman–Crippen MR) is 98.9 cm³/mol. The summed E-state index contributed by atoms with van der Waals surface area (Å²) in [5.41, 5.74) is 0.709. The first-order valence-electron chi connectivity index (χ1n) is 9.20. The Labute approximate surface area is 153 Å². The summed E-state index contributed by atoms with van der Waals surface area (Å²) in [5, 5.41) is 4.01. The predicted octanol–water partition coefficient (Wildman–Crippen LogP) is 3.27. The van der Waals surface area contributed by atoms with Gasteiger partial charge in [-0.15, -0.1) is 0 Å². The van der Waals surface area contributed by atoms with E-state index in [2.05, 4.69) is 5.32 Å². The Hall–Kier alpha value is -2.50. The summed E-state index contributed by atoms with van der Waals surface area (Å²) < 4.78 is 11.6. The van der Waals surface area contributed by atoms with Crippen LogP contribution in [0, 0.1) is 5.92 Å². The topological polar surface area (TPSA) is 71.8 Å². The lowest BCUT2D eigenvalue weighted by Gasteiger charge is -2.31. The smallest absolute Gasteiger partial charge is 0.223 e. The molecule has 1 aliphatic rings. The number of fused-ring (bicyclic) bond motifs is 1. The Morgan fingerprint density at radius 1 is 1.35 bits per heavy atom. The highest BCUT2D eigenvalue weighted by atomic mass is 16.5. The summed E-state index contributed by atoms with van der Waals surface area (Å²) in [6.45, 7) is 7.28. The van der Waals surface area contributed by atoms with Gasteiger partial charge in [-0.3, -0.25) is 9.59 Å². The third-order valence-corrected chi connectivity index (χ3v) is 4.92. The highest BCUT2D eigenvalue weighted by Crippen LogP contribution is 2.31. The molecule has 0 radical (unpaired) electrons. The van der Waals surface area contributed by atoms with Crippen molar-refractivity contribution in [3.63, 3.8) is 0 Å². The maximum Gasteiger partial charge on any atom is 0.223 e. The van der Waals surface area contributed by atoms with Crippen molar-refractivity contribution >= 4 is 22.8 Å². The Morgan fingerprint density at radius 2 is 2.08 bits per heavy atom. The van der Waals surface area contributed by atoms with Gasteiger partial charge in [-0.05, 0) is 38.8 Å². The molecule has 0 spiro atoms. The van der Waals surface area contributed by atoms with E-state index in [1.165, 1.54) is 0 Å². The first kappa shape index (κ1) is 18.3. The van der Waals surface area contributed by atoms with Crippen molar-refractivity contribution in [1.29, 1.82) is 0 Å². The van der Waals surface area contributed by atoms with Crippen molar-refractivity contribution < 1.29 is 18.7 Å². The van der Waals surface area contributed by atoms with Crippen LogP contribution in [-0.4, -0.2) is 36.4 Å². The summed E-state index contributed by atoms with van der Waals surface area (Å²) in [7, 11) is 0. The number of benzene rings is 1. The second kappa shape index (κ2) is 7.81. The SMILES string of the molecule is CCOc1cccc2cc(C(C)NC(=O)C3CCN(C(C)=O)CC3)oc12. The molecule has 1 N–H and O–H groups in total. The molecule has 6 heteroatoms. The zero-order valence-corrected chi connectivity index (χ0v) is 15.6. The number of amides is 2. The molecule has 0 aliphatic carbocycles. The van der Waals surface area contributed by atoms with E-state index in [9.17, 15) is 9.59 Å². The molecule has 140 valence electrons. The Bertz CT molecular complexity index is 790. The lowest BCUT2D eigenvalue weighted by molar-refractivity contribution is -0.134. The highest BCUT2D eigenvalue weighted by molar-refractivity contribution is 5.84. The number of hydrogen-bond donors (Lipinski definition) is 1. The van der Waals surface area contributed by atoms with Crippen molar-refractivity contribution in [2.24, 2.45) is 5.92 Å². The van der Waals surface area contributed by atoms with Crippen molar-refractivity contribution in [3.05, 3.63) is 30.0 Å². The maximum atomic E-state index is 12.6. The van der Waals surface area contributed by atoms with Crippen LogP contribution in [0.2, 0.25) is 0 Å². The van der Waals surface area contributed by atoms with E-state index < -0.39 is 0 Å². The van der Waals surface area contributed by atoms with Crippen molar-refractivity contribution in [2.75, 3.05) is 19.7 Å². The second-order valence-electron chi connectivity index (χ2n) is 6.77. The average molecular weight is 358 g/mol. The highest BCUT2D eigenvalue weighted by Gasteiger charge is 2.27. The summed E-state index contributed by atoms with van der Waals surface area (Å²) in [6, 6.07) is 7.50. The standard InChI is InChI=1S/C20H26N2O4/c1-4-25-17-7-5-6-16-12-18(26-19(16)17)13(2)21-20(24)15-8-10-22(11-9-15)14(3)23/h5-7,12-13,15H,4,8-11H2,1-3H3,(H,21,24). The fourth-order valence-electron chi connectivity index (χ4n) is 3.40. The number of nitrogens with one attached hydrogen (secondary N) is 1. The van der Waals surface area contributed by atoms with Crippen LogP contribution in [0.4, 0.5) is 0 Å². The first-order valence-corrected chi connectivity index (χ1v) is 9.20. The third kappa shape index (κ3) is 3.84. The minimum Gasteiger partial charge on any atom is -0.490 e. The molecule has 1 aromatic carbocycles. The molecule has 1 fully saturated rings. The molecular weight excluding hydrogens is 332 g/mol. The molecule has 0 saturated carbocycles. The number of carbonyl (C=O) groups excluding carboxylic acids is 2. The summed E-state index contributed by atoms with van der Waals surface area (Å²) >= 11 is 0. The van der Waals surface area contributed by atoms with Gasteiger partial charge in [0.25, 0.3) is 0 Å². The van der Waals surface area contributed by atoms with Crippen LogP contribution in [0.5, 0.6) is 5.75 Å². The van der Waals surface area contributed by atoms with Gasteiger partial charge in [-0.25, -0.2) is 0 Å². The van der Waals surface area contributed by atoms with Gasteiger partial charge in [0.2, 0.25) is 11.8 Å². The number of para-hydroxylation sites is 1. The largest absolute Gasteiger partial charge is 0.490 e. The van der Waals surface area contributed by atoms with Crippen molar-refractivity contribution in [3.8, 4) is 5.75 Å². The minimum absolute atomic E-state index is 0.0196. The number of carbonyl (C=O) groups is 2. The zero-order valence-electron chi connectivity index (χ0n) is 15.6. The first-order chi connectivity index (χ1) is 12.5. The molecule has 1 aromatic heterocycles. The van der Waals surface area contributed by atoms with E-state index in [-0.39, 0.29) is 23.8 Å². The molecule has 0 bridgehead atoms. The Kier molecular flexibility index (Phi) is 5.49. The molecule has 6 nitrogen and oxygen atoms in total. The normalized spacial score (nSPS) is 16.5. The average Bonchev–Trinajstić information content (AvgIpc) is 3.07. The number of nitrogens with zero attached hydrogens (tertiary/aromatic N) is 1. The van der Waals surface area contributed by atoms with Gasteiger partial charge < -0.3 is 19.4 Å². The number of furan rings is 1. The molecule has 2 aromatic rings. The molecule has 1 saturated heterocycles. The monoisotopic (exact) mass is 358 g/mol. The lowest BCUT2D eigenvalue weighted by atomic mass is 9.95. The fraction of sp³-hybridized carbons (Fsp3) is 0.500. The van der Waals surface area contributed by atoms with Crippen molar-refractivity contribution in [2.45, 2.75) is 39.7 Å². The van der Waals surface area contributed by atoms with Crippen LogP contribution in [0.15, 0.2) is 28.7 Å². The van der Waals surface area contributed by atoms with Crippen LogP contribution in [-0.2, 0) is 9.59 Å². The van der Waals surface area contributed by atoms with E-state index in [1.807, 2.05) is 38.1 Å². The molecule has 2 amide bonds. The molecule has 1 unspecified atom stereocenters. The van der Waals surface area contributed by atoms with Gasteiger partial charge >= 0.3 is 0 Å². The van der Waals surface area contributed by atoms with Gasteiger partial charge in [-0.1, -0.05) is 12.1 Å². The van der Waals surface area contributed by atoms with Crippen molar-refractivity contribution in [1.82, 2.24) is 10.2 Å². The molecule has 26 heavy (non-hydrogen) atoms. The number of ether oxygens (including phenoxy) is 1. The summed E-state index contributed by atoms with van der Waals surface area (Å²) in [6.07, 6.45) is 1.40. The minimum atomic E-state index is -0.227. The third-order valence-electron chi connectivity index (χ3n) is 4.92. The summed E-state index contributed by atoms with van der Waals surface area (Å²) in [5.74, 6) is 1.46. The molecule has 1 atom stereocenters. The van der Waals surface area contributed by atoms with E-state index >= 15 is 0 Å². The number of piperidine rings is 1. The lowest BCUT2D eigenvalue weighted by Crippen LogP contribution is -2.42. The van der Waals surface area contributed by atoms with Crippen LogP contribution >= 0.6 is 0 Å². The van der Waals surface area contributed by atoms with E-state index in [0.717, 1.165) is 5.39 Å². The number of likely N-dealkylation sites (tertiary alicyclic amines) is 1. The zero-order chi connectivity index (χ0) is 18.7. The van der Waals surface area contributed by atoms with Crippen LogP contribution < -0.4 is 10.1 Å². The number of rotatable bonds is 5. The van der Waals surface area contributed by atoms with Crippen LogP contribution in [0.1, 0.15) is 45.4 Å². The quantitative estimate of drug-likeness (QED) is 0.890. The molecule has 1 aliphatic heterocycles. The Morgan fingerprint density at radius 3 is 2.73 bits per heavy atom. The molecular formula is C20H26N2O4. The summed E-state index contributed by atoms with van der Waals surface area (Å²) in [4.78, 5) is 25.8.